The Morgan fingerprint density at radius 1 is 1.21 bits per heavy atom. The summed E-state index contributed by atoms with van der Waals surface area (Å²) >= 11 is 0. The van der Waals surface area contributed by atoms with Crippen LogP contribution in [-0.2, 0) is 19.4 Å². The van der Waals surface area contributed by atoms with E-state index in [0.717, 1.165) is 29.7 Å². The van der Waals surface area contributed by atoms with Crippen molar-refractivity contribution in [3.8, 4) is 0 Å². The lowest BCUT2D eigenvalue weighted by Gasteiger charge is -2.15. The van der Waals surface area contributed by atoms with Gasteiger partial charge in [0.05, 0.1) is 18.3 Å². The van der Waals surface area contributed by atoms with E-state index in [1.165, 1.54) is 5.69 Å². The Morgan fingerprint density at radius 2 is 1.95 bits per heavy atom. The molecule has 102 valence electrons. The average molecular weight is 258 g/mol. The van der Waals surface area contributed by atoms with Gasteiger partial charge in [0.25, 0.3) is 0 Å². The maximum absolute atomic E-state index is 10.4. The minimum absolute atomic E-state index is 0.504. The van der Waals surface area contributed by atoms with Crippen molar-refractivity contribution in [2.75, 3.05) is 0 Å². The summed E-state index contributed by atoms with van der Waals surface area (Å²) in [7, 11) is 0. The van der Waals surface area contributed by atoms with Gasteiger partial charge >= 0.3 is 0 Å². The second-order valence-electron chi connectivity index (χ2n) is 4.89. The Bertz CT molecular complexity index is 545. The number of benzene rings is 1. The number of nitrogens with zero attached hydrogens (tertiary/aromatic N) is 2. The van der Waals surface area contributed by atoms with Crippen molar-refractivity contribution in [1.29, 1.82) is 0 Å². The van der Waals surface area contributed by atoms with Gasteiger partial charge < -0.3 is 5.11 Å². The molecule has 3 nitrogen and oxygen atoms in total. The van der Waals surface area contributed by atoms with Crippen LogP contribution < -0.4 is 0 Å². The van der Waals surface area contributed by atoms with E-state index in [-0.39, 0.29) is 0 Å². The van der Waals surface area contributed by atoms with Gasteiger partial charge in [-0.3, -0.25) is 4.68 Å². The summed E-state index contributed by atoms with van der Waals surface area (Å²) in [6.07, 6.45) is 1.37. The molecule has 1 unspecified atom stereocenters. The summed E-state index contributed by atoms with van der Waals surface area (Å²) in [4.78, 5) is 0. The lowest BCUT2D eigenvalue weighted by atomic mass is 10.0. The van der Waals surface area contributed by atoms with Gasteiger partial charge in [-0.25, -0.2) is 0 Å². The highest BCUT2D eigenvalue weighted by Crippen LogP contribution is 2.20. The summed E-state index contributed by atoms with van der Waals surface area (Å²) in [6.45, 7) is 6.77. The highest BCUT2D eigenvalue weighted by Gasteiger charge is 2.13. The third-order valence-electron chi connectivity index (χ3n) is 3.53. The van der Waals surface area contributed by atoms with E-state index in [2.05, 4.69) is 25.0 Å². The summed E-state index contributed by atoms with van der Waals surface area (Å²) in [5.74, 6) is 0. The molecule has 1 aromatic heterocycles. The fourth-order valence-electron chi connectivity index (χ4n) is 2.35. The SMILES string of the molecule is CCc1cc(CC)n(CC(O)c2ccccc2C)n1. The molecule has 1 atom stereocenters. The fraction of sp³-hybridized carbons (Fsp3) is 0.438. The number of aliphatic hydroxyl groups excluding tert-OH is 1. The van der Waals surface area contributed by atoms with Crippen LogP contribution in [0.3, 0.4) is 0 Å². The number of hydrogen-bond donors (Lipinski definition) is 1. The maximum Gasteiger partial charge on any atom is 0.0988 e. The average Bonchev–Trinajstić information content (AvgIpc) is 2.81. The number of aromatic nitrogens is 2. The van der Waals surface area contributed by atoms with Gasteiger partial charge in [0, 0.05) is 5.69 Å². The first-order valence-electron chi connectivity index (χ1n) is 6.94. The van der Waals surface area contributed by atoms with Crippen LogP contribution in [0, 0.1) is 6.92 Å². The molecule has 1 aromatic carbocycles. The monoisotopic (exact) mass is 258 g/mol. The molecule has 0 aliphatic carbocycles. The molecule has 2 rings (SSSR count). The van der Waals surface area contributed by atoms with Crippen molar-refractivity contribution in [1.82, 2.24) is 9.78 Å². The Hall–Kier alpha value is -1.61. The lowest BCUT2D eigenvalue weighted by Crippen LogP contribution is -2.13. The van der Waals surface area contributed by atoms with Crippen LogP contribution in [0.5, 0.6) is 0 Å². The number of rotatable bonds is 5. The van der Waals surface area contributed by atoms with Gasteiger partial charge in [-0.1, -0.05) is 38.1 Å². The molecule has 1 heterocycles. The second-order valence-corrected chi connectivity index (χ2v) is 4.89. The maximum atomic E-state index is 10.4. The van der Waals surface area contributed by atoms with E-state index in [1.807, 2.05) is 35.9 Å². The van der Waals surface area contributed by atoms with Crippen LogP contribution >= 0.6 is 0 Å². The Balaban J connectivity index is 2.21. The molecule has 1 N–H and O–H groups in total. The predicted molar refractivity (Wildman–Crippen MR) is 77.1 cm³/mol. The van der Waals surface area contributed by atoms with E-state index in [4.69, 9.17) is 0 Å². The van der Waals surface area contributed by atoms with Crippen LogP contribution in [0.15, 0.2) is 30.3 Å². The van der Waals surface area contributed by atoms with E-state index in [0.29, 0.717) is 6.54 Å². The third-order valence-corrected chi connectivity index (χ3v) is 3.53. The van der Waals surface area contributed by atoms with Gasteiger partial charge in [0.2, 0.25) is 0 Å². The first-order chi connectivity index (χ1) is 9.15. The smallest absolute Gasteiger partial charge is 0.0988 e. The van der Waals surface area contributed by atoms with Crippen molar-refractivity contribution in [3.63, 3.8) is 0 Å². The van der Waals surface area contributed by atoms with Gasteiger partial charge in [-0.15, -0.1) is 0 Å². The zero-order valence-electron chi connectivity index (χ0n) is 11.9. The number of aliphatic hydroxyl groups is 1. The molecule has 0 radical (unpaired) electrons. The molecule has 19 heavy (non-hydrogen) atoms. The Morgan fingerprint density at radius 3 is 2.58 bits per heavy atom. The number of hydrogen-bond acceptors (Lipinski definition) is 2. The van der Waals surface area contributed by atoms with Gasteiger partial charge in [-0.2, -0.15) is 5.10 Å². The van der Waals surface area contributed by atoms with E-state index in [9.17, 15) is 5.11 Å². The largest absolute Gasteiger partial charge is 0.386 e. The van der Waals surface area contributed by atoms with E-state index in [1.54, 1.807) is 0 Å². The van der Waals surface area contributed by atoms with Crippen LogP contribution in [-0.4, -0.2) is 14.9 Å². The van der Waals surface area contributed by atoms with Crippen molar-refractivity contribution >= 4 is 0 Å². The highest BCUT2D eigenvalue weighted by molar-refractivity contribution is 5.27. The highest BCUT2D eigenvalue weighted by atomic mass is 16.3. The van der Waals surface area contributed by atoms with Crippen molar-refractivity contribution in [3.05, 3.63) is 52.8 Å². The molecular weight excluding hydrogens is 236 g/mol. The molecule has 0 bridgehead atoms. The first-order valence-corrected chi connectivity index (χ1v) is 6.94. The minimum atomic E-state index is -0.504. The second kappa shape index (κ2) is 6.02. The molecule has 0 fully saturated rings. The normalized spacial score (nSPS) is 12.6. The molecular formula is C16H22N2O. The summed E-state index contributed by atoms with van der Waals surface area (Å²) < 4.78 is 1.94. The molecule has 0 saturated heterocycles. The molecule has 0 spiro atoms. The number of aryl methyl sites for hydroxylation is 3. The van der Waals surface area contributed by atoms with Crippen LogP contribution in [0.2, 0.25) is 0 Å². The quantitative estimate of drug-likeness (QED) is 0.895. The van der Waals surface area contributed by atoms with Gasteiger partial charge in [0.15, 0.2) is 0 Å². The van der Waals surface area contributed by atoms with Crippen molar-refractivity contribution in [2.45, 2.75) is 46.3 Å². The minimum Gasteiger partial charge on any atom is -0.386 e. The molecule has 2 aromatic rings. The third kappa shape index (κ3) is 3.04. The van der Waals surface area contributed by atoms with Crippen LogP contribution in [0.1, 0.15) is 42.5 Å². The van der Waals surface area contributed by atoms with Crippen LogP contribution in [0.4, 0.5) is 0 Å². The fourth-order valence-corrected chi connectivity index (χ4v) is 2.35. The summed E-state index contributed by atoms with van der Waals surface area (Å²) in [5.41, 5.74) is 4.38. The summed E-state index contributed by atoms with van der Waals surface area (Å²) in [6, 6.07) is 10.1. The molecule has 0 amide bonds. The zero-order valence-corrected chi connectivity index (χ0v) is 11.9. The van der Waals surface area contributed by atoms with Crippen molar-refractivity contribution < 1.29 is 5.11 Å². The van der Waals surface area contributed by atoms with E-state index < -0.39 is 6.10 Å². The van der Waals surface area contributed by atoms with Crippen LogP contribution in [0.25, 0.3) is 0 Å². The molecule has 0 aliphatic heterocycles. The molecule has 0 saturated carbocycles. The lowest BCUT2D eigenvalue weighted by molar-refractivity contribution is 0.149. The molecule has 3 heteroatoms. The Labute approximate surface area is 114 Å². The van der Waals surface area contributed by atoms with Gasteiger partial charge in [-0.05, 0) is 37.0 Å². The van der Waals surface area contributed by atoms with Crippen molar-refractivity contribution in [2.24, 2.45) is 0 Å². The predicted octanol–water partition coefficient (Wildman–Crippen LogP) is 3.05. The topological polar surface area (TPSA) is 38.0 Å². The van der Waals surface area contributed by atoms with E-state index >= 15 is 0 Å². The Kier molecular flexibility index (Phi) is 4.38. The molecule has 0 aliphatic rings. The first kappa shape index (κ1) is 13.8. The summed E-state index contributed by atoms with van der Waals surface area (Å²) in [5, 5.41) is 14.9. The zero-order chi connectivity index (χ0) is 13.8. The van der Waals surface area contributed by atoms with Gasteiger partial charge in [0.1, 0.15) is 0 Å². The standard InChI is InChI=1S/C16H22N2O/c1-4-13-10-14(5-2)18(17-13)11-16(19)15-9-7-6-8-12(15)3/h6-10,16,19H,4-5,11H2,1-3H3.